The molecule has 2 fully saturated rings. The van der Waals surface area contributed by atoms with E-state index in [1.54, 1.807) is 0 Å². The van der Waals surface area contributed by atoms with Gasteiger partial charge in [-0.15, -0.1) is 0 Å². The summed E-state index contributed by atoms with van der Waals surface area (Å²) in [5, 5.41) is 60.3. The first-order valence-electron chi connectivity index (χ1n) is 13.3. The molecule has 2 aromatic carbocycles. The van der Waals surface area contributed by atoms with Crippen LogP contribution < -0.4 is 0 Å². The van der Waals surface area contributed by atoms with Crippen LogP contribution >= 0.6 is 21.6 Å². The largest absolute Gasteiger partial charge is 0.377 e. The topological polar surface area (TPSA) is 141 Å². The van der Waals surface area contributed by atoms with Crippen molar-refractivity contribution in [2.75, 3.05) is 52.4 Å². The summed E-state index contributed by atoms with van der Waals surface area (Å²) in [7, 11) is 1.92. The summed E-state index contributed by atoms with van der Waals surface area (Å²) >= 11 is 0. The van der Waals surface area contributed by atoms with E-state index in [1.165, 1.54) is 0 Å². The number of hydrogen-bond acceptors (Lipinski definition) is 12. The molecule has 10 nitrogen and oxygen atoms in total. The van der Waals surface area contributed by atoms with Crippen molar-refractivity contribution in [2.45, 2.75) is 36.4 Å². The highest BCUT2D eigenvalue weighted by Crippen LogP contribution is 2.33. The van der Waals surface area contributed by atoms with Crippen LogP contribution in [0.5, 0.6) is 0 Å². The highest BCUT2D eigenvalue weighted by molar-refractivity contribution is 8.77. The monoisotopic (exact) mass is 584 g/mol. The van der Waals surface area contributed by atoms with Gasteiger partial charge in [-0.1, -0.05) is 45.9 Å². The number of aliphatic hydroxyl groups excluding tert-OH is 4. The third-order valence-electron chi connectivity index (χ3n) is 7.30. The zero-order chi connectivity index (χ0) is 28.5. The van der Waals surface area contributed by atoms with Crippen LogP contribution in [0.4, 0.5) is 0 Å². The lowest BCUT2D eigenvalue weighted by atomic mass is 10.1. The van der Waals surface area contributed by atoms with Gasteiger partial charge in [0.25, 0.3) is 0 Å². The Morgan fingerprint density at radius 3 is 1.20 bits per heavy atom. The number of nitrogens with zero attached hydrogens (tertiary/aromatic N) is 6. The van der Waals surface area contributed by atoms with Crippen LogP contribution in [0.15, 0.2) is 48.5 Å². The van der Waals surface area contributed by atoms with E-state index in [4.69, 9.17) is 10.5 Å². The molecule has 0 aromatic heterocycles. The van der Waals surface area contributed by atoms with Crippen molar-refractivity contribution in [3.05, 3.63) is 70.8 Å². The predicted octanol–water partition coefficient (Wildman–Crippen LogP) is 1.02. The summed E-state index contributed by atoms with van der Waals surface area (Å²) in [5.41, 5.74) is 1.25. The summed E-state index contributed by atoms with van der Waals surface area (Å²) in [6.45, 7) is 6.85. The zero-order valence-corrected chi connectivity index (χ0v) is 23.9. The van der Waals surface area contributed by atoms with Gasteiger partial charge < -0.3 is 20.4 Å². The molecule has 40 heavy (non-hydrogen) atoms. The zero-order valence-electron chi connectivity index (χ0n) is 22.3. The van der Waals surface area contributed by atoms with Crippen LogP contribution in [0.3, 0.4) is 0 Å². The van der Waals surface area contributed by atoms with Crippen molar-refractivity contribution in [2.24, 2.45) is 0 Å². The van der Waals surface area contributed by atoms with Gasteiger partial charge in [-0.3, -0.25) is 19.6 Å². The molecule has 2 heterocycles. The number of benzene rings is 2. The molecule has 0 aliphatic carbocycles. The van der Waals surface area contributed by atoms with Gasteiger partial charge in [-0.2, -0.15) is 10.5 Å². The van der Waals surface area contributed by atoms with Crippen molar-refractivity contribution in [3.8, 4) is 12.1 Å². The SMILES string of the molecule is N#Cc1ccc(CN2CCN(C(O)C(O)SSC(O)C(O)N3CCN(Cc4ccc(C#N)cc4)CC3)CC2)cc1. The van der Waals surface area contributed by atoms with Gasteiger partial charge in [0.15, 0.2) is 0 Å². The second-order valence-corrected chi connectivity index (χ2v) is 12.5. The molecule has 2 saturated heterocycles. The molecular weight excluding hydrogens is 548 g/mol. The summed E-state index contributed by atoms with van der Waals surface area (Å²) < 4.78 is 0. The molecule has 0 bridgehead atoms. The van der Waals surface area contributed by atoms with Gasteiger partial charge in [-0.05, 0) is 35.4 Å². The van der Waals surface area contributed by atoms with E-state index in [0.717, 1.165) is 72.0 Å². The van der Waals surface area contributed by atoms with Crippen molar-refractivity contribution in [3.63, 3.8) is 0 Å². The first kappa shape index (κ1) is 30.8. The highest BCUT2D eigenvalue weighted by atomic mass is 33.1. The molecule has 2 aromatic rings. The second kappa shape index (κ2) is 15.1. The van der Waals surface area contributed by atoms with E-state index in [2.05, 4.69) is 21.9 Å². The number of aliphatic hydroxyl groups is 4. The van der Waals surface area contributed by atoms with Crippen molar-refractivity contribution in [1.29, 1.82) is 10.5 Å². The Morgan fingerprint density at radius 2 is 0.900 bits per heavy atom. The molecule has 2 aliphatic heterocycles. The molecule has 4 unspecified atom stereocenters. The average molecular weight is 585 g/mol. The van der Waals surface area contributed by atoms with Gasteiger partial charge in [0.2, 0.25) is 0 Å². The Balaban J connectivity index is 1.13. The first-order valence-corrected chi connectivity index (χ1v) is 15.6. The fourth-order valence-electron chi connectivity index (χ4n) is 4.83. The molecule has 2 aliphatic rings. The molecule has 4 N–H and O–H groups in total. The van der Waals surface area contributed by atoms with Crippen molar-refractivity contribution >= 4 is 21.6 Å². The number of rotatable bonds is 11. The third kappa shape index (κ3) is 8.65. The molecule has 0 spiro atoms. The Morgan fingerprint density at radius 1 is 0.575 bits per heavy atom. The average Bonchev–Trinajstić information content (AvgIpc) is 3.00. The minimum Gasteiger partial charge on any atom is -0.377 e. The Kier molecular flexibility index (Phi) is 11.6. The Hall–Kier alpha value is -2.20. The predicted molar refractivity (Wildman–Crippen MR) is 155 cm³/mol. The van der Waals surface area contributed by atoms with Crippen LogP contribution in [-0.4, -0.2) is 116 Å². The molecule has 214 valence electrons. The van der Waals surface area contributed by atoms with Gasteiger partial charge in [0, 0.05) is 65.4 Å². The van der Waals surface area contributed by atoms with Crippen molar-refractivity contribution < 1.29 is 20.4 Å². The van der Waals surface area contributed by atoms with E-state index in [9.17, 15) is 20.4 Å². The quantitative estimate of drug-likeness (QED) is 0.221. The summed E-state index contributed by atoms with van der Waals surface area (Å²) in [6, 6.07) is 19.3. The smallest absolute Gasteiger partial charge is 0.149 e. The fraction of sp³-hybridized carbons (Fsp3) is 0.500. The van der Waals surface area contributed by atoms with Gasteiger partial charge >= 0.3 is 0 Å². The maximum Gasteiger partial charge on any atom is 0.149 e. The van der Waals surface area contributed by atoms with Gasteiger partial charge in [-0.25, -0.2) is 0 Å². The van der Waals surface area contributed by atoms with Crippen LogP contribution in [0.2, 0.25) is 0 Å². The molecular formula is C28H36N6O4S2. The molecule has 12 heteroatoms. The Bertz CT molecular complexity index is 1050. The maximum atomic E-state index is 10.7. The lowest BCUT2D eigenvalue weighted by Gasteiger charge is -2.39. The number of piperazine rings is 2. The summed E-state index contributed by atoms with van der Waals surface area (Å²) in [5.74, 6) is 0. The van der Waals surface area contributed by atoms with Crippen LogP contribution in [-0.2, 0) is 13.1 Å². The van der Waals surface area contributed by atoms with Crippen LogP contribution in [0, 0.1) is 22.7 Å². The van der Waals surface area contributed by atoms with E-state index in [-0.39, 0.29) is 0 Å². The molecule has 0 saturated carbocycles. The Labute approximate surface area is 243 Å². The molecule has 4 atom stereocenters. The van der Waals surface area contributed by atoms with E-state index < -0.39 is 23.3 Å². The van der Waals surface area contributed by atoms with Gasteiger partial charge in [0.1, 0.15) is 23.3 Å². The lowest BCUT2D eigenvalue weighted by Crippen LogP contribution is -2.53. The molecule has 0 radical (unpaired) electrons. The maximum absolute atomic E-state index is 10.7. The fourth-order valence-corrected chi connectivity index (χ4v) is 6.88. The summed E-state index contributed by atoms with van der Waals surface area (Å²) in [4.78, 5) is 8.18. The van der Waals surface area contributed by atoms with E-state index in [0.29, 0.717) is 37.3 Å². The third-order valence-corrected chi connectivity index (χ3v) is 9.81. The first-order chi connectivity index (χ1) is 19.4. The number of hydrogen-bond donors (Lipinski definition) is 4. The number of nitriles is 2. The van der Waals surface area contributed by atoms with Crippen LogP contribution in [0.25, 0.3) is 0 Å². The van der Waals surface area contributed by atoms with Crippen LogP contribution in [0.1, 0.15) is 22.3 Å². The molecule has 0 amide bonds. The molecule has 4 rings (SSSR count). The highest BCUT2D eigenvalue weighted by Gasteiger charge is 2.32. The van der Waals surface area contributed by atoms with E-state index in [1.807, 2.05) is 58.3 Å². The standard InChI is InChI=1S/C28H36N6O4S2/c29-17-21-1-5-23(6-2-21)19-31-9-13-33(14-10-31)25(35)27(37)39-40-28(38)26(36)34-15-11-32(12-16-34)20-24-7-3-22(18-30)4-8-24/h1-8,25-28,35-38H,9-16,19-20H2. The lowest BCUT2D eigenvalue weighted by molar-refractivity contribution is -0.0688. The minimum atomic E-state index is -1.14. The minimum absolute atomic E-state index is 0.595. The summed E-state index contributed by atoms with van der Waals surface area (Å²) in [6.07, 6.45) is -2.16. The van der Waals surface area contributed by atoms with E-state index >= 15 is 0 Å². The second-order valence-electron chi connectivity index (χ2n) is 10.0. The van der Waals surface area contributed by atoms with Crippen molar-refractivity contribution in [1.82, 2.24) is 19.6 Å². The normalized spacial score (nSPS) is 20.8. The van der Waals surface area contributed by atoms with Gasteiger partial charge in [0.05, 0.1) is 23.3 Å².